The molecule has 1 rings (SSSR count). The zero-order chi connectivity index (χ0) is 15.3. The molecule has 0 aliphatic carbocycles. The van der Waals surface area contributed by atoms with E-state index in [1.165, 1.54) is 0 Å². The van der Waals surface area contributed by atoms with Gasteiger partial charge in [0.15, 0.2) is 0 Å². The van der Waals surface area contributed by atoms with Crippen LogP contribution in [0.1, 0.15) is 33.6 Å². The number of carbonyl (C=O) groups is 3. The molecule has 1 aliphatic heterocycles. The third-order valence-electron chi connectivity index (χ3n) is 3.78. The van der Waals surface area contributed by atoms with Crippen molar-refractivity contribution in [3.63, 3.8) is 0 Å². The van der Waals surface area contributed by atoms with E-state index in [0.717, 1.165) is 6.42 Å². The normalized spacial score (nSPS) is 21.9. The van der Waals surface area contributed by atoms with E-state index in [4.69, 9.17) is 5.73 Å². The average Bonchev–Trinajstić information content (AvgIpc) is 2.42. The van der Waals surface area contributed by atoms with E-state index >= 15 is 0 Å². The first-order chi connectivity index (χ1) is 9.42. The highest BCUT2D eigenvalue weighted by atomic mass is 16.2. The van der Waals surface area contributed by atoms with Crippen LogP contribution in [0.15, 0.2) is 0 Å². The second-order valence-corrected chi connectivity index (χ2v) is 5.12. The van der Waals surface area contributed by atoms with Gasteiger partial charge in [0.05, 0.1) is 0 Å². The van der Waals surface area contributed by atoms with E-state index in [9.17, 15) is 14.4 Å². The second-order valence-electron chi connectivity index (χ2n) is 5.12. The number of nitrogens with zero attached hydrogens (tertiary/aromatic N) is 1. The van der Waals surface area contributed by atoms with Gasteiger partial charge < -0.3 is 21.3 Å². The molecule has 4 amide bonds. The highest BCUT2D eigenvalue weighted by Crippen LogP contribution is 2.16. The molecule has 1 fully saturated rings. The maximum atomic E-state index is 12.6. The molecule has 4 N–H and O–H groups in total. The highest BCUT2D eigenvalue weighted by molar-refractivity contribution is 5.92. The Bertz CT molecular complexity index is 382. The standard InChI is InChI=1S/C13H24N4O3/c1-4-8(3)10(16-13(14)20)12(19)17-7-6-15-11(18)9(17)5-2/h8-10H,4-7H2,1-3H3,(H,15,18)(H3,14,16,20). The Balaban J connectivity index is 2.91. The number of carbonyl (C=O) groups excluding carboxylic acids is 3. The third kappa shape index (κ3) is 3.61. The SMILES string of the molecule is CCC(C)C(NC(N)=O)C(=O)N1CCNC(=O)C1CC. The Hall–Kier alpha value is -1.79. The number of nitrogens with one attached hydrogen (secondary N) is 2. The van der Waals surface area contributed by atoms with E-state index in [1.807, 2.05) is 20.8 Å². The van der Waals surface area contributed by atoms with Crippen LogP contribution in [0, 0.1) is 5.92 Å². The van der Waals surface area contributed by atoms with Crippen LogP contribution in [0.4, 0.5) is 4.79 Å². The summed E-state index contributed by atoms with van der Waals surface area (Å²) in [5.41, 5.74) is 5.15. The molecule has 0 radical (unpaired) electrons. The predicted molar refractivity (Wildman–Crippen MR) is 74.8 cm³/mol. The zero-order valence-corrected chi connectivity index (χ0v) is 12.3. The van der Waals surface area contributed by atoms with Crippen molar-refractivity contribution in [3.05, 3.63) is 0 Å². The second kappa shape index (κ2) is 7.12. The molecule has 0 bridgehead atoms. The van der Waals surface area contributed by atoms with Gasteiger partial charge in [-0.3, -0.25) is 9.59 Å². The van der Waals surface area contributed by atoms with Crippen LogP contribution >= 0.6 is 0 Å². The Morgan fingerprint density at radius 3 is 2.65 bits per heavy atom. The number of hydrogen-bond donors (Lipinski definition) is 3. The van der Waals surface area contributed by atoms with Crippen LogP contribution in [0.25, 0.3) is 0 Å². The fourth-order valence-corrected chi connectivity index (χ4v) is 2.40. The molecule has 0 aromatic heterocycles. The van der Waals surface area contributed by atoms with Crippen LogP contribution in [0.3, 0.4) is 0 Å². The van der Waals surface area contributed by atoms with Crippen molar-refractivity contribution < 1.29 is 14.4 Å². The third-order valence-corrected chi connectivity index (χ3v) is 3.78. The first-order valence-corrected chi connectivity index (χ1v) is 7.06. The number of rotatable bonds is 5. The lowest BCUT2D eigenvalue weighted by molar-refractivity contribution is -0.145. The van der Waals surface area contributed by atoms with Crippen molar-refractivity contribution >= 4 is 17.8 Å². The number of hydrogen-bond acceptors (Lipinski definition) is 3. The van der Waals surface area contributed by atoms with Gasteiger partial charge in [0, 0.05) is 13.1 Å². The maximum Gasteiger partial charge on any atom is 0.312 e. The minimum atomic E-state index is -0.724. The molecule has 0 spiro atoms. The molecule has 7 nitrogen and oxygen atoms in total. The van der Waals surface area contributed by atoms with Crippen LogP contribution in [-0.4, -0.2) is 47.9 Å². The van der Waals surface area contributed by atoms with Gasteiger partial charge in [-0.1, -0.05) is 27.2 Å². The summed E-state index contributed by atoms with van der Waals surface area (Å²) >= 11 is 0. The molecular formula is C13H24N4O3. The summed E-state index contributed by atoms with van der Waals surface area (Å²) in [6, 6.07) is -1.88. The van der Waals surface area contributed by atoms with E-state index in [2.05, 4.69) is 10.6 Å². The van der Waals surface area contributed by atoms with Crippen molar-refractivity contribution in [2.45, 2.75) is 45.7 Å². The number of primary amides is 1. The van der Waals surface area contributed by atoms with Crippen LogP contribution in [0.2, 0.25) is 0 Å². The van der Waals surface area contributed by atoms with Crippen molar-refractivity contribution in [2.75, 3.05) is 13.1 Å². The monoisotopic (exact) mass is 284 g/mol. The van der Waals surface area contributed by atoms with Crippen LogP contribution < -0.4 is 16.4 Å². The average molecular weight is 284 g/mol. The Labute approximate surface area is 119 Å². The van der Waals surface area contributed by atoms with Crippen LogP contribution in [-0.2, 0) is 9.59 Å². The molecule has 7 heteroatoms. The molecule has 1 saturated heterocycles. The highest BCUT2D eigenvalue weighted by Gasteiger charge is 2.37. The van der Waals surface area contributed by atoms with Gasteiger partial charge >= 0.3 is 6.03 Å². The van der Waals surface area contributed by atoms with Crippen molar-refractivity contribution in [1.29, 1.82) is 0 Å². The Kier molecular flexibility index (Phi) is 5.79. The fraction of sp³-hybridized carbons (Fsp3) is 0.769. The summed E-state index contributed by atoms with van der Waals surface area (Å²) in [6.07, 6.45) is 1.27. The Morgan fingerprint density at radius 2 is 2.15 bits per heavy atom. The minimum absolute atomic E-state index is 0.0440. The number of nitrogens with two attached hydrogens (primary N) is 1. The molecule has 3 atom stereocenters. The molecule has 0 aromatic rings. The summed E-state index contributed by atoms with van der Waals surface area (Å²) in [5, 5.41) is 5.25. The lowest BCUT2D eigenvalue weighted by atomic mass is 9.96. The van der Waals surface area contributed by atoms with E-state index in [0.29, 0.717) is 19.5 Å². The predicted octanol–water partition coefficient (Wildman–Crippen LogP) is -0.194. The number of urea groups is 1. The fourth-order valence-electron chi connectivity index (χ4n) is 2.40. The first kappa shape index (κ1) is 16.3. The minimum Gasteiger partial charge on any atom is -0.353 e. The molecule has 0 aromatic carbocycles. The lowest BCUT2D eigenvalue weighted by Gasteiger charge is -2.37. The molecule has 0 saturated carbocycles. The first-order valence-electron chi connectivity index (χ1n) is 7.06. The number of amides is 4. The number of piperazine rings is 1. The molecule has 1 aliphatic rings. The quantitative estimate of drug-likeness (QED) is 0.651. The summed E-state index contributed by atoms with van der Waals surface area (Å²) in [4.78, 5) is 37.1. The van der Waals surface area contributed by atoms with Gasteiger partial charge in [0.25, 0.3) is 0 Å². The maximum absolute atomic E-state index is 12.6. The van der Waals surface area contributed by atoms with Gasteiger partial charge in [-0.2, -0.15) is 0 Å². The molecule has 1 heterocycles. The van der Waals surface area contributed by atoms with Crippen molar-refractivity contribution in [2.24, 2.45) is 11.7 Å². The lowest BCUT2D eigenvalue weighted by Crippen LogP contribution is -2.62. The van der Waals surface area contributed by atoms with E-state index in [1.54, 1.807) is 4.90 Å². The molecule has 3 unspecified atom stereocenters. The van der Waals surface area contributed by atoms with Crippen LogP contribution in [0.5, 0.6) is 0 Å². The molecular weight excluding hydrogens is 260 g/mol. The van der Waals surface area contributed by atoms with Gasteiger partial charge in [0.2, 0.25) is 11.8 Å². The largest absolute Gasteiger partial charge is 0.353 e. The van der Waals surface area contributed by atoms with Gasteiger partial charge in [-0.25, -0.2) is 4.79 Å². The summed E-state index contributed by atoms with van der Waals surface area (Å²) < 4.78 is 0. The molecule has 114 valence electrons. The van der Waals surface area contributed by atoms with Crippen molar-refractivity contribution in [3.8, 4) is 0 Å². The topological polar surface area (TPSA) is 105 Å². The smallest absolute Gasteiger partial charge is 0.312 e. The Morgan fingerprint density at radius 1 is 1.50 bits per heavy atom. The van der Waals surface area contributed by atoms with Gasteiger partial charge in [0.1, 0.15) is 12.1 Å². The summed E-state index contributed by atoms with van der Waals surface area (Å²) in [5.74, 6) is -0.425. The van der Waals surface area contributed by atoms with E-state index < -0.39 is 18.1 Å². The summed E-state index contributed by atoms with van der Waals surface area (Å²) in [7, 11) is 0. The summed E-state index contributed by atoms with van der Waals surface area (Å²) in [6.45, 7) is 6.56. The van der Waals surface area contributed by atoms with Crippen molar-refractivity contribution in [1.82, 2.24) is 15.5 Å². The molecule has 20 heavy (non-hydrogen) atoms. The van der Waals surface area contributed by atoms with Gasteiger partial charge in [-0.05, 0) is 12.3 Å². The van der Waals surface area contributed by atoms with Gasteiger partial charge in [-0.15, -0.1) is 0 Å². The zero-order valence-electron chi connectivity index (χ0n) is 12.3. The van der Waals surface area contributed by atoms with E-state index in [-0.39, 0.29) is 17.7 Å².